The van der Waals surface area contributed by atoms with E-state index >= 15 is 0 Å². The molecule has 0 aliphatic carbocycles. The maximum absolute atomic E-state index is 13.3. The second kappa shape index (κ2) is 6.13. The molecular weight excluding hydrogens is 359 g/mol. The Balaban J connectivity index is 2.36. The molecule has 0 bridgehead atoms. The summed E-state index contributed by atoms with van der Waals surface area (Å²) in [4.78, 5) is -0.0557. The molecular formula is C14H14BrFN2O2S. The third kappa shape index (κ3) is 3.42. The topological polar surface area (TPSA) is 63.4 Å². The summed E-state index contributed by atoms with van der Waals surface area (Å²) in [5, 5.41) is 0. The van der Waals surface area contributed by atoms with E-state index in [0.717, 1.165) is 17.7 Å². The van der Waals surface area contributed by atoms with Crippen LogP contribution in [0.4, 0.5) is 10.1 Å². The first-order valence-corrected chi connectivity index (χ1v) is 8.30. The molecule has 2 rings (SSSR count). The van der Waals surface area contributed by atoms with Crippen LogP contribution >= 0.6 is 15.9 Å². The van der Waals surface area contributed by atoms with Gasteiger partial charge in [-0.3, -0.25) is 0 Å². The average Bonchev–Trinajstić information content (AvgIpc) is 2.43. The lowest BCUT2D eigenvalue weighted by atomic mass is 10.2. The number of sulfonamides is 1. The smallest absolute Gasteiger partial charge is 0.244 e. The molecule has 2 aromatic carbocycles. The lowest BCUT2D eigenvalue weighted by Gasteiger charge is -2.18. The molecule has 0 aliphatic rings. The van der Waals surface area contributed by atoms with E-state index in [1.807, 2.05) is 30.3 Å². The highest BCUT2D eigenvalue weighted by molar-refractivity contribution is 9.10. The number of halogens is 2. The lowest BCUT2D eigenvalue weighted by molar-refractivity contribution is 0.466. The van der Waals surface area contributed by atoms with Crippen LogP contribution in [-0.4, -0.2) is 19.8 Å². The summed E-state index contributed by atoms with van der Waals surface area (Å²) in [7, 11) is -2.30. The van der Waals surface area contributed by atoms with Crippen molar-refractivity contribution in [3.8, 4) is 0 Å². The third-order valence-corrected chi connectivity index (χ3v) is 5.75. The van der Waals surface area contributed by atoms with Crippen molar-refractivity contribution in [2.24, 2.45) is 0 Å². The molecule has 0 aliphatic heterocycles. The molecule has 0 saturated carbocycles. The molecule has 4 nitrogen and oxygen atoms in total. The summed E-state index contributed by atoms with van der Waals surface area (Å²) in [6, 6.07) is 11.4. The fourth-order valence-electron chi connectivity index (χ4n) is 1.84. The van der Waals surface area contributed by atoms with E-state index in [4.69, 9.17) is 5.73 Å². The zero-order chi connectivity index (χ0) is 15.6. The fraction of sp³-hybridized carbons (Fsp3) is 0.143. The molecule has 0 unspecified atom stereocenters. The third-order valence-electron chi connectivity index (χ3n) is 2.99. The van der Waals surface area contributed by atoms with E-state index in [9.17, 15) is 12.8 Å². The first-order chi connectivity index (χ1) is 9.82. The molecule has 0 atom stereocenters. The first kappa shape index (κ1) is 15.9. The number of hydrogen-bond donors (Lipinski definition) is 1. The summed E-state index contributed by atoms with van der Waals surface area (Å²) in [5.41, 5.74) is 6.11. The van der Waals surface area contributed by atoms with Crippen LogP contribution in [0.15, 0.2) is 51.8 Å². The minimum Gasteiger partial charge on any atom is -0.396 e. The highest BCUT2D eigenvalue weighted by atomic mass is 79.9. The summed E-state index contributed by atoms with van der Waals surface area (Å²) in [5.74, 6) is -0.661. The largest absolute Gasteiger partial charge is 0.396 e. The Labute approximate surface area is 131 Å². The van der Waals surface area contributed by atoms with E-state index < -0.39 is 15.8 Å². The Morgan fingerprint density at radius 3 is 2.48 bits per heavy atom. The molecule has 7 heteroatoms. The van der Waals surface area contributed by atoms with Gasteiger partial charge in [0.15, 0.2) is 0 Å². The normalized spacial score (nSPS) is 11.8. The van der Waals surface area contributed by atoms with Crippen molar-refractivity contribution in [3.05, 3.63) is 58.3 Å². The molecule has 112 valence electrons. The van der Waals surface area contributed by atoms with Crippen LogP contribution < -0.4 is 5.73 Å². The number of rotatable bonds is 4. The molecule has 21 heavy (non-hydrogen) atoms. The minimum atomic E-state index is -3.77. The highest BCUT2D eigenvalue weighted by Crippen LogP contribution is 2.29. The van der Waals surface area contributed by atoms with Crippen LogP contribution in [0.5, 0.6) is 0 Å². The number of hydrogen-bond acceptors (Lipinski definition) is 3. The van der Waals surface area contributed by atoms with Crippen molar-refractivity contribution in [3.63, 3.8) is 0 Å². The average molecular weight is 373 g/mol. The number of nitrogens with two attached hydrogens (primary N) is 1. The van der Waals surface area contributed by atoms with Crippen LogP contribution in [0.2, 0.25) is 0 Å². The number of anilines is 1. The lowest BCUT2D eigenvalue weighted by Crippen LogP contribution is -2.27. The summed E-state index contributed by atoms with van der Waals surface area (Å²) >= 11 is 3.07. The van der Waals surface area contributed by atoms with Gasteiger partial charge >= 0.3 is 0 Å². The van der Waals surface area contributed by atoms with Gasteiger partial charge in [0, 0.05) is 18.1 Å². The molecule has 2 N–H and O–H groups in total. The van der Waals surface area contributed by atoms with Gasteiger partial charge in [0.05, 0.1) is 10.6 Å². The number of nitrogens with zero attached hydrogens (tertiary/aromatic N) is 1. The number of benzene rings is 2. The molecule has 0 aromatic heterocycles. The first-order valence-electron chi connectivity index (χ1n) is 6.07. The minimum absolute atomic E-state index is 0.0557. The Morgan fingerprint density at radius 1 is 1.24 bits per heavy atom. The molecule has 2 aromatic rings. The van der Waals surface area contributed by atoms with Crippen LogP contribution in [0.25, 0.3) is 0 Å². The molecule has 0 amide bonds. The van der Waals surface area contributed by atoms with E-state index in [0.29, 0.717) is 0 Å². The summed E-state index contributed by atoms with van der Waals surface area (Å²) in [6.45, 7) is 0.215. The van der Waals surface area contributed by atoms with Gasteiger partial charge in [-0.05, 0) is 33.6 Å². The SMILES string of the molecule is CN(Cc1ccccc1)S(=O)(=O)c1cc(N)c(F)cc1Br. The van der Waals surface area contributed by atoms with Gasteiger partial charge in [-0.2, -0.15) is 4.31 Å². The van der Waals surface area contributed by atoms with Gasteiger partial charge in [-0.15, -0.1) is 0 Å². The van der Waals surface area contributed by atoms with Crippen molar-refractivity contribution in [1.29, 1.82) is 0 Å². The van der Waals surface area contributed by atoms with Crippen molar-refractivity contribution in [2.45, 2.75) is 11.4 Å². The predicted octanol–water partition coefficient (Wildman–Crippen LogP) is 2.99. The van der Waals surface area contributed by atoms with Crippen LogP contribution in [-0.2, 0) is 16.6 Å². The van der Waals surface area contributed by atoms with Gasteiger partial charge in [0.1, 0.15) is 5.82 Å². The number of nitrogen functional groups attached to an aromatic ring is 1. The van der Waals surface area contributed by atoms with Crippen molar-refractivity contribution < 1.29 is 12.8 Å². The zero-order valence-corrected chi connectivity index (χ0v) is 13.7. The van der Waals surface area contributed by atoms with Crippen LogP contribution in [0, 0.1) is 5.82 Å². The predicted molar refractivity (Wildman–Crippen MR) is 83.6 cm³/mol. The van der Waals surface area contributed by atoms with Crippen LogP contribution in [0.3, 0.4) is 0 Å². The van der Waals surface area contributed by atoms with E-state index in [1.54, 1.807) is 0 Å². The van der Waals surface area contributed by atoms with E-state index in [1.165, 1.54) is 11.4 Å². The molecule has 0 radical (unpaired) electrons. The summed E-state index contributed by atoms with van der Waals surface area (Å²) in [6.07, 6.45) is 0. The standard InChI is InChI=1S/C14H14BrFN2O2S/c1-18(9-10-5-3-2-4-6-10)21(19,20)14-8-13(17)12(16)7-11(14)15/h2-8H,9,17H2,1H3. The maximum atomic E-state index is 13.3. The Morgan fingerprint density at radius 2 is 1.86 bits per heavy atom. The van der Waals surface area contributed by atoms with Gasteiger partial charge in [0.25, 0.3) is 0 Å². The quantitative estimate of drug-likeness (QED) is 0.839. The van der Waals surface area contributed by atoms with Gasteiger partial charge < -0.3 is 5.73 Å². The van der Waals surface area contributed by atoms with Gasteiger partial charge in [0.2, 0.25) is 10.0 Å². The second-order valence-corrected chi connectivity index (χ2v) is 7.42. The zero-order valence-electron chi connectivity index (χ0n) is 11.3. The Hall–Kier alpha value is -1.44. The van der Waals surface area contributed by atoms with Gasteiger partial charge in [-0.1, -0.05) is 30.3 Å². The maximum Gasteiger partial charge on any atom is 0.244 e. The second-order valence-electron chi connectivity index (χ2n) is 4.55. The fourth-order valence-corrected chi connectivity index (χ4v) is 4.00. The van der Waals surface area contributed by atoms with E-state index in [-0.39, 0.29) is 21.6 Å². The van der Waals surface area contributed by atoms with Crippen molar-refractivity contribution in [1.82, 2.24) is 4.31 Å². The van der Waals surface area contributed by atoms with E-state index in [2.05, 4.69) is 15.9 Å². The van der Waals surface area contributed by atoms with Crippen molar-refractivity contribution >= 4 is 31.6 Å². The summed E-state index contributed by atoms with van der Waals surface area (Å²) < 4.78 is 39.8. The highest BCUT2D eigenvalue weighted by Gasteiger charge is 2.24. The Bertz CT molecular complexity index is 751. The van der Waals surface area contributed by atoms with Crippen molar-refractivity contribution in [2.75, 3.05) is 12.8 Å². The molecule has 0 fully saturated rings. The Kier molecular flexibility index (Phi) is 4.65. The molecule has 0 spiro atoms. The monoisotopic (exact) mass is 372 g/mol. The van der Waals surface area contributed by atoms with Gasteiger partial charge in [-0.25, -0.2) is 12.8 Å². The van der Waals surface area contributed by atoms with Crippen LogP contribution in [0.1, 0.15) is 5.56 Å². The molecule has 0 heterocycles. The molecule has 0 saturated heterocycles.